The van der Waals surface area contributed by atoms with E-state index < -0.39 is 0 Å². The first kappa shape index (κ1) is 12.6. The van der Waals surface area contributed by atoms with E-state index in [-0.39, 0.29) is 0 Å². The van der Waals surface area contributed by atoms with E-state index in [2.05, 4.69) is 42.0 Å². The van der Waals surface area contributed by atoms with Crippen LogP contribution in [0.4, 0.5) is 0 Å². The molecular weight excluding hydrogens is 248 g/mol. The summed E-state index contributed by atoms with van der Waals surface area (Å²) in [5, 5.41) is 3.28. The molecule has 4 heteroatoms. The summed E-state index contributed by atoms with van der Waals surface area (Å²) in [5.74, 6) is 0.937. The number of aromatic nitrogens is 1. The Kier molecular flexibility index (Phi) is 4.59. The number of hydrogen-bond acceptors (Lipinski definition) is 4. The maximum atomic E-state index is 4.58. The van der Waals surface area contributed by atoms with E-state index in [9.17, 15) is 0 Å². The van der Waals surface area contributed by atoms with Gasteiger partial charge in [0.1, 0.15) is 0 Å². The van der Waals surface area contributed by atoms with Crippen molar-refractivity contribution in [2.45, 2.75) is 11.3 Å². The van der Waals surface area contributed by atoms with Crippen LogP contribution in [0.2, 0.25) is 0 Å². The zero-order valence-corrected chi connectivity index (χ0v) is 11.5. The molecule has 2 aromatic rings. The summed E-state index contributed by atoms with van der Waals surface area (Å²) in [7, 11) is 0. The number of likely N-dealkylation sites (N-methyl/N-ethyl adjacent to an activating group) is 1. The van der Waals surface area contributed by atoms with Crippen LogP contribution < -0.4 is 5.32 Å². The maximum absolute atomic E-state index is 4.58. The van der Waals surface area contributed by atoms with Crippen molar-refractivity contribution in [3.8, 4) is 0 Å². The highest BCUT2D eigenvalue weighted by molar-refractivity contribution is 8.01. The molecule has 0 fully saturated rings. The number of thiazole rings is 1. The number of hydrogen-bond donors (Lipinski definition) is 1. The molecule has 2 nitrogen and oxygen atoms in total. The van der Waals surface area contributed by atoms with Gasteiger partial charge in [0.2, 0.25) is 0 Å². The standard InChI is InChI=1S/C13H16N2S2/c1-3-14-8-10(2)9-16-13-15-11-6-4-5-7-12(11)17-13/h4-7,14H,2-3,8-9H2,1H3. The second-order valence-corrected chi connectivity index (χ2v) is 6.02. The molecule has 0 unspecified atom stereocenters. The fourth-order valence-corrected chi connectivity index (χ4v) is 3.40. The molecule has 2 rings (SSSR count). The number of fused-ring (bicyclic) bond motifs is 1. The van der Waals surface area contributed by atoms with E-state index in [0.29, 0.717) is 0 Å². The molecule has 0 aliphatic heterocycles. The minimum atomic E-state index is 0.897. The van der Waals surface area contributed by atoms with E-state index in [1.807, 2.05) is 6.07 Å². The Hall–Kier alpha value is -0.840. The molecule has 0 saturated carbocycles. The highest BCUT2D eigenvalue weighted by Gasteiger charge is 2.04. The lowest BCUT2D eigenvalue weighted by molar-refractivity contribution is 0.779. The molecule has 0 radical (unpaired) electrons. The average molecular weight is 264 g/mol. The number of rotatable bonds is 6. The third-order valence-corrected chi connectivity index (χ3v) is 4.62. The van der Waals surface area contributed by atoms with E-state index in [1.54, 1.807) is 23.1 Å². The van der Waals surface area contributed by atoms with E-state index in [4.69, 9.17) is 0 Å². The summed E-state index contributed by atoms with van der Waals surface area (Å²) in [4.78, 5) is 4.58. The molecule has 0 aliphatic carbocycles. The van der Waals surface area contributed by atoms with Crippen molar-refractivity contribution in [1.82, 2.24) is 10.3 Å². The molecule has 0 amide bonds. The van der Waals surface area contributed by atoms with Crippen LogP contribution in [0, 0.1) is 0 Å². The topological polar surface area (TPSA) is 24.9 Å². The molecular formula is C13H16N2S2. The molecule has 0 bridgehead atoms. The molecule has 90 valence electrons. The fraction of sp³-hybridized carbons (Fsp3) is 0.308. The van der Waals surface area contributed by atoms with Gasteiger partial charge < -0.3 is 5.32 Å². The normalized spacial score (nSPS) is 10.9. The Morgan fingerprint density at radius 3 is 3.06 bits per heavy atom. The van der Waals surface area contributed by atoms with Crippen LogP contribution in [0.1, 0.15) is 6.92 Å². The van der Waals surface area contributed by atoms with Gasteiger partial charge in [-0.15, -0.1) is 11.3 Å². The lowest BCUT2D eigenvalue weighted by Crippen LogP contribution is -2.16. The van der Waals surface area contributed by atoms with Crippen LogP contribution in [0.5, 0.6) is 0 Å². The summed E-state index contributed by atoms with van der Waals surface area (Å²) in [5.41, 5.74) is 2.31. The largest absolute Gasteiger partial charge is 0.313 e. The Bertz CT molecular complexity index is 472. The molecule has 0 saturated heterocycles. The number of para-hydroxylation sites is 1. The van der Waals surface area contributed by atoms with Crippen molar-refractivity contribution in [1.29, 1.82) is 0 Å². The molecule has 1 heterocycles. The van der Waals surface area contributed by atoms with Crippen molar-refractivity contribution < 1.29 is 0 Å². The predicted molar refractivity (Wildman–Crippen MR) is 78.0 cm³/mol. The second-order valence-electron chi connectivity index (χ2n) is 3.77. The van der Waals surface area contributed by atoms with Crippen LogP contribution in [0.3, 0.4) is 0 Å². The molecule has 0 aliphatic rings. The van der Waals surface area contributed by atoms with Gasteiger partial charge in [0.15, 0.2) is 4.34 Å². The highest BCUT2D eigenvalue weighted by atomic mass is 32.2. The number of benzene rings is 1. The van der Waals surface area contributed by atoms with Gasteiger partial charge in [0.25, 0.3) is 0 Å². The van der Waals surface area contributed by atoms with Crippen LogP contribution in [0.15, 0.2) is 40.8 Å². The zero-order chi connectivity index (χ0) is 12.1. The Morgan fingerprint density at radius 1 is 1.47 bits per heavy atom. The second kappa shape index (κ2) is 6.19. The van der Waals surface area contributed by atoms with Crippen molar-refractivity contribution in [2.75, 3.05) is 18.8 Å². The fourth-order valence-electron chi connectivity index (χ4n) is 1.43. The van der Waals surface area contributed by atoms with Crippen molar-refractivity contribution in [3.63, 3.8) is 0 Å². The van der Waals surface area contributed by atoms with E-state index >= 15 is 0 Å². The first-order valence-electron chi connectivity index (χ1n) is 5.65. The highest BCUT2D eigenvalue weighted by Crippen LogP contribution is 2.29. The van der Waals surface area contributed by atoms with Crippen LogP contribution in [0.25, 0.3) is 10.2 Å². The van der Waals surface area contributed by atoms with Crippen molar-refractivity contribution in [3.05, 3.63) is 36.4 Å². The number of thioether (sulfide) groups is 1. The Balaban J connectivity index is 1.92. The third-order valence-electron chi connectivity index (χ3n) is 2.30. The van der Waals surface area contributed by atoms with Crippen molar-refractivity contribution in [2.24, 2.45) is 0 Å². The third kappa shape index (κ3) is 3.56. The van der Waals surface area contributed by atoms with Crippen LogP contribution in [-0.2, 0) is 0 Å². The molecule has 1 aromatic heterocycles. The SMILES string of the molecule is C=C(CNCC)CSc1nc2ccccc2s1. The predicted octanol–water partition coefficient (Wildman–Crippen LogP) is 3.55. The quantitative estimate of drug-likeness (QED) is 0.638. The van der Waals surface area contributed by atoms with Gasteiger partial charge in [-0.25, -0.2) is 4.98 Å². The first-order valence-corrected chi connectivity index (χ1v) is 7.45. The molecule has 0 atom stereocenters. The van der Waals surface area contributed by atoms with Gasteiger partial charge in [0.05, 0.1) is 10.2 Å². The van der Waals surface area contributed by atoms with Gasteiger partial charge in [-0.2, -0.15) is 0 Å². The number of nitrogens with one attached hydrogen (secondary N) is 1. The summed E-state index contributed by atoms with van der Waals surface area (Å²) in [6, 6.07) is 8.26. The zero-order valence-electron chi connectivity index (χ0n) is 9.90. The lowest BCUT2D eigenvalue weighted by Gasteiger charge is -2.03. The first-order chi connectivity index (χ1) is 8.29. The van der Waals surface area contributed by atoms with Gasteiger partial charge in [0, 0.05) is 12.3 Å². The minimum Gasteiger partial charge on any atom is -0.313 e. The monoisotopic (exact) mass is 264 g/mol. The maximum Gasteiger partial charge on any atom is 0.151 e. The Labute approximate surface area is 110 Å². The van der Waals surface area contributed by atoms with E-state index in [0.717, 1.165) is 28.7 Å². The summed E-state index contributed by atoms with van der Waals surface area (Å²) in [6.45, 7) is 8.05. The van der Waals surface area contributed by atoms with Gasteiger partial charge in [-0.3, -0.25) is 0 Å². The molecule has 0 spiro atoms. The lowest BCUT2D eigenvalue weighted by atomic mass is 10.3. The van der Waals surface area contributed by atoms with Gasteiger partial charge in [-0.1, -0.05) is 43.0 Å². The van der Waals surface area contributed by atoms with Crippen LogP contribution >= 0.6 is 23.1 Å². The molecule has 1 N–H and O–H groups in total. The van der Waals surface area contributed by atoms with Crippen molar-refractivity contribution >= 4 is 33.3 Å². The Morgan fingerprint density at radius 2 is 2.29 bits per heavy atom. The number of nitrogens with zero attached hydrogens (tertiary/aromatic N) is 1. The van der Waals surface area contributed by atoms with E-state index in [1.165, 1.54) is 10.3 Å². The molecule has 1 aromatic carbocycles. The van der Waals surface area contributed by atoms with Crippen LogP contribution in [-0.4, -0.2) is 23.8 Å². The summed E-state index contributed by atoms with van der Waals surface area (Å²) >= 11 is 3.53. The average Bonchev–Trinajstić information content (AvgIpc) is 2.76. The minimum absolute atomic E-state index is 0.897. The summed E-state index contributed by atoms with van der Waals surface area (Å²) < 4.78 is 2.39. The summed E-state index contributed by atoms with van der Waals surface area (Å²) in [6.07, 6.45) is 0. The molecule has 17 heavy (non-hydrogen) atoms. The smallest absolute Gasteiger partial charge is 0.151 e. The van der Waals surface area contributed by atoms with Gasteiger partial charge in [-0.05, 0) is 18.7 Å². The van der Waals surface area contributed by atoms with Gasteiger partial charge >= 0.3 is 0 Å².